The summed E-state index contributed by atoms with van der Waals surface area (Å²) in [5, 5.41) is 2.33. The summed E-state index contributed by atoms with van der Waals surface area (Å²) in [5.41, 5.74) is 5.95. The number of ether oxygens (including phenoxy) is 1. The number of nitrogens with one attached hydrogen (secondary N) is 1. The molecule has 0 spiro atoms. The zero-order chi connectivity index (χ0) is 15.5. The second-order valence-electron chi connectivity index (χ2n) is 6.00. The van der Waals surface area contributed by atoms with E-state index in [0.29, 0.717) is 6.61 Å². The number of hydrogen-bond donors (Lipinski definition) is 1. The van der Waals surface area contributed by atoms with E-state index in [-0.39, 0.29) is 12.1 Å². The molecule has 1 fully saturated rings. The molecule has 1 unspecified atom stereocenters. The van der Waals surface area contributed by atoms with Crippen LogP contribution in [0.4, 0.5) is 0 Å². The second-order valence-corrected chi connectivity index (χ2v) is 6.00. The minimum atomic E-state index is 0.106. The minimum absolute atomic E-state index is 0.106. The van der Waals surface area contributed by atoms with E-state index in [1.165, 1.54) is 5.56 Å². The lowest BCUT2D eigenvalue weighted by molar-refractivity contribution is 0.0242. The van der Waals surface area contributed by atoms with Crippen LogP contribution >= 0.6 is 0 Å². The van der Waals surface area contributed by atoms with Gasteiger partial charge in [-0.3, -0.25) is 4.99 Å². The second kappa shape index (κ2) is 6.52. The number of nitrogens with zero attached hydrogens (tertiary/aromatic N) is 2. The fourth-order valence-corrected chi connectivity index (χ4v) is 3.33. The molecule has 0 saturated carbocycles. The van der Waals surface area contributed by atoms with Crippen molar-refractivity contribution >= 4 is 5.84 Å². The lowest BCUT2D eigenvalue weighted by Crippen LogP contribution is -2.54. The summed E-state index contributed by atoms with van der Waals surface area (Å²) in [6.07, 6.45) is 1.02. The number of benzene rings is 2. The zero-order valence-corrected chi connectivity index (χ0v) is 13.1. The Morgan fingerprint density at radius 2 is 1.74 bits per heavy atom. The molecule has 2 aliphatic heterocycles. The molecule has 2 aliphatic rings. The highest BCUT2D eigenvalue weighted by Gasteiger charge is 2.35. The quantitative estimate of drug-likeness (QED) is 0.927. The normalized spacial score (nSPS) is 27.3. The third-order valence-electron chi connectivity index (χ3n) is 4.41. The van der Waals surface area contributed by atoms with Crippen molar-refractivity contribution < 1.29 is 4.74 Å². The Bertz CT molecular complexity index is 672. The molecule has 4 nitrogen and oxygen atoms in total. The van der Waals surface area contributed by atoms with Gasteiger partial charge in [0.1, 0.15) is 5.84 Å². The van der Waals surface area contributed by atoms with E-state index < -0.39 is 0 Å². The Morgan fingerprint density at radius 3 is 2.52 bits per heavy atom. The van der Waals surface area contributed by atoms with Crippen LogP contribution in [0.15, 0.2) is 65.7 Å². The molecule has 2 heterocycles. The molecule has 0 radical (unpaired) electrons. The largest absolute Gasteiger partial charge is 0.379 e. The van der Waals surface area contributed by atoms with Crippen LogP contribution in [0, 0.1) is 0 Å². The average Bonchev–Trinajstić information content (AvgIpc) is 2.62. The number of hydrazine groups is 1. The van der Waals surface area contributed by atoms with Crippen LogP contribution in [0.2, 0.25) is 0 Å². The van der Waals surface area contributed by atoms with E-state index in [1.807, 2.05) is 18.2 Å². The zero-order valence-electron chi connectivity index (χ0n) is 13.1. The summed E-state index contributed by atoms with van der Waals surface area (Å²) in [6.45, 7) is 2.41. The van der Waals surface area contributed by atoms with Crippen LogP contribution in [-0.2, 0) is 4.74 Å². The first-order chi connectivity index (χ1) is 11.4. The van der Waals surface area contributed by atoms with Gasteiger partial charge in [0, 0.05) is 18.7 Å². The Balaban J connectivity index is 1.73. The third-order valence-corrected chi connectivity index (χ3v) is 4.41. The van der Waals surface area contributed by atoms with Gasteiger partial charge in [0.15, 0.2) is 0 Å². The summed E-state index contributed by atoms with van der Waals surface area (Å²) in [4.78, 5) is 4.97. The molecule has 0 aromatic heterocycles. The first-order valence-corrected chi connectivity index (χ1v) is 8.21. The molecule has 4 heteroatoms. The summed E-state index contributed by atoms with van der Waals surface area (Å²) in [7, 11) is 0. The van der Waals surface area contributed by atoms with E-state index >= 15 is 0 Å². The summed E-state index contributed by atoms with van der Waals surface area (Å²) >= 11 is 0. The molecule has 0 amide bonds. The van der Waals surface area contributed by atoms with Crippen LogP contribution < -0.4 is 5.43 Å². The monoisotopic (exact) mass is 307 g/mol. The van der Waals surface area contributed by atoms with Crippen molar-refractivity contribution in [3.63, 3.8) is 0 Å². The average molecular weight is 307 g/mol. The predicted molar refractivity (Wildman–Crippen MR) is 91.2 cm³/mol. The summed E-state index contributed by atoms with van der Waals surface area (Å²) in [6, 6.07) is 21.2. The highest BCUT2D eigenvalue weighted by Crippen LogP contribution is 2.30. The van der Waals surface area contributed by atoms with Crippen molar-refractivity contribution in [2.75, 3.05) is 19.8 Å². The fourth-order valence-electron chi connectivity index (χ4n) is 3.33. The highest BCUT2D eigenvalue weighted by molar-refractivity contribution is 5.99. The molecule has 1 N–H and O–H groups in total. The molecule has 3 atom stereocenters. The first kappa shape index (κ1) is 14.4. The molecule has 2 bridgehead atoms. The van der Waals surface area contributed by atoms with Gasteiger partial charge in [-0.2, -0.15) is 0 Å². The van der Waals surface area contributed by atoms with Crippen molar-refractivity contribution in [3.05, 3.63) is 71.8 Å². The summed E-state index contributed by atoms with van der Waals surface area (Å²) < 4.78 is 5.83. The Hall–Kier alpha value is -2.17. The van der Waals surface area contributed by atoms with Crippen molar-refractivity contribution in [1.82, 2.24) is 10.4 Å². The molecule has 0 aliphatic carbocycles. The Labute approximate surface area is 136 Å². The van der Waals surface area contributed by atoms with E-state index in [1.54, 1.807) is 0 Å². The molecule has 2 aromatic rings. The molecular formula is C19H21N3O. The lowest BCUT2D eigenvalue weighted by Gasteiger charge is -2.42. The maximum Gasteiger partial charge on any atom is 0.143 e. The highest BCUT2D eigenvalue weighted by atomic mass is 16.5. The fraction of sp³-hybridized carbons (Fsp3) is 0.316. The molecule has 23 heavy (non-hydrogen) atoms. The van der Waals surface area contributed by atoms with Crippen LogP contribution in [0.5, 0.6) is 0 Å². The van der Waals surface area contributed by atoms with Gasteiger partial charge < -0.3 is 10.2 Å². The van der Waals surface area contributed by atoms with Gasteiger partial charge in [-0.1, -0.05) is 60.7 Å². The van der Waals surface area contributed by atoms with Gasteiger partial charge in [0.2, 0.25) is 0 Å². The first-order valence-electron chi connectivity index (χ1n) is 8.21. The standard InChI is InChI=1S/C19H21N3O/c1-3-8-15(9-4-1)18-17-14-23-13-7-12-22(18)21-19(20-17)16-10-5-2-6-11-16/h1-6,8-11,17-18H,7,12-14H2,(H,20,21)/t17-,18+/m0/s1. The van der Waals surface area contributed by atoms with E-state index in [9.17, 15) is 0 Å². The molecule has 118 valence electrons. The smallest absolute Gasteiger partial charge is 0.143 e. The lowest BCUT2D eigenvalue weighted by atomic mass is 9.97. The Kier molecular flexibility index (Phi) is 4.09. The maximum atomic E-state index is 5.83. The van der Waals surface area contributed by atoms with Gasteiger partial charge in [0.05, 0.1) is 18.7 Å². The van der Waals surface area contributed by atoms with Gasteiger partial charge in [0.25, 0.3) is 0 Å². The van der Waals surface area contributed by atoms with Crippen molar-refractivity contribution in [2.24, 2.45) is 4.99 Å². The number of amidine groups is 1. The molecule has 2 aromatic carbocycles. The topological polar surface area (TPSA) is 36.9 Å². The van der Waals surface area contributed by atoms with Crippen LogP contribution in [0.1, 0.15) is 23.6 Å². The Morgan fingerprint density at radius 1 is 1.00 bits per heavy atom. The van der Waals surface area contributed by atoms with Crippen molar-refractivity contribution in [1.29, 1.82) is 0 Å². The van der Waals surface area contributed by atoms with Crippen LogP contribution in [-0.4, -0.2) is 36.6 Å². The van der Waals surface area contributed by atoms with Crippen LogP contribution in [0.25, 0.3) is 0 Å². The number of fused-ring (bicyclic) bond motifs is 2. The van der Waals surface area contributed by atoms with Gasteiger partial charge in [-0.05, 0) is 12.0 Å². The number of rotatable bonds is 2. The molecular weight excluding hydrogens is 286 g/mol. The number of hydrogen-bond acceptors (Lipinski definition) is 4. The van der Waals surface area contributed by atoms with Crippen molar-refractivity contribution in [2.45, 2.75) is 18.5 Å². The van der Waals surface area contributed by atoms with Crippen LogP contribution in [0.3, 0.4) is 0 Å². The van der Waals surface area contributed by atoms with Crippen molar-refractivity contribution in [3.8, 4) is 0 Å². The summed E-state index contributed by atoms with van der Waals surface area (Å²) in [5.74, 6) is 0.938. The molecule has 1 saturated heterocycles. The van der Waals surface area contributed by atoms with Gasteiger partial charge in [-0.25, -0.2) is 5.01 Å². The SMILES string of the molecule is c1ccc(C2=N[C@H]3COCCCN(N2)[C@@H]3c2ccccc2)cc1. The third kappa shape index (κ3) is 3.00. The van der Waals surface area contributed by atoms with Gasteiger partial charge in [-0.15, -0.1) is 0 Å². The maximum absolute atomic E-state index is 5.83. The van der Waals surface area contributed by atoms with E-state index in [0.717, 1.165) is 31.0 Å². The predicted octanol–water partition coefficient (Wildman–Crippen LogP) is 2.78. The van der Waals surface area contributed by atoms with Gasteiger partial charge >= 0.3 is 0 Å². The number of aliphatic imine (C=N–C) groups is 1. The van der Waals surface area contributed by atoms with E-state index in [4.69, 9.17) is 9.73 Å². The molecule has 4 rings (SSSR count). The van der Waals surface area contributed by atoms with E-state index in [2.05, 4.69) is 52.9 Å². The minimum Gasteiger partial charge on any atom is -0.379 e.